The highest BCUT2D eigenvalue weighted by Gasteiger charge is 2.33. The fourth-order valence-electron chi connectivity index (χ4n) is 1.83. The summed E-state index contributed by atoms with van der Waals surface area (Å²) in [5.41, 5.74) is -0.374. The molecule has 0 spiro atoms. The molecule has 100 valence electrons. The second-order valence-electron chi connectivity index (χ2n) is 4.05. The van der Waals surface area contributed by atoms with Crippen molar-refractivity contribution in [2.24, 2.45) is 0 Å². The van der Waals surface area contributed by atoms with E-state index in [2.05, 4.69) is 10.2 Å². The van der Waals surface area contributed by atoms with Gasteiger partial charge in [0.1, 0.15) is 5.56 Å². The summed E-state index contributed by atoms with van der Waals surface area (Å²) in [4.78, 5) is 10.9. The van der Waals surface area contributed by atoms with Gasteiger partial charge in [-0.1, -0.05) is 0 Å². The third kappa shape index (κ3) is 2.24. The Balaban J connectivity index is 2.31. The smallest absolute Gasteiger partial charge is 0.340 e. The first-order valence-corrected chi connectivity index (χ1v) is 6.82. The highest BCUT2D eigenvalue weighted by atomic mass is 32.2. The Hall–Kier alpha value is -1.45. The van der Waals surface area contributed by atoms with E-state index in [0.717, 1.165) is 10.5 Å². The highest BCUT2D eigenvalue weighted by molar-refractivity contribution is 7.89. The van der Waals surface area contributed by atoms with Crippen molar-refractivity contribution in [3.63, 3.8) is 0 Å². The molecule has 3 N–H and O–H groups in total. The number of carboxylic acid groups (broad SMARTS) is 1. The van der Waals surface area contributed by atoms with Crippen LogP contribution in [0.4, 0.5) is 0 Å². The molecule has 2 heterocycles. The Morgan fingerprint density at radius 3 is 2.61 bits per heavy atom. The number of rotatable bonds is 3. The van der Waals surface area contributed by atoms with Crippen LogP contribution in [0, 0.1) is 0 Å². The van der Waals surface area contributed by atoms with Gasteiger partial charge in [-0.3, -0.25) is 5.10 Å². The molecule has 0 radical (unpaired) electrons. The number of piperidine rings is 1. The second-order valence-corrected chi connectivity index (χ2v) is 5.93. The van der Waals surface area contributed by atoms with Gasteiger partial charge in [0.15, 0.2) is 5.03 Å². The number of hydrogen-bond donors (Lipinski definition) is 3. The van der Waals surface area contributed by atoms with Gasteiger partial charge < -0.3 is 10.2 Å². The Morgan fingerprint density at radius 1 is 1.44 bits per heavy atom. The Kier molecular flexibility index (Phi) is 3.37. The van der Waals surface area contributed by atoms with E-state index in [-0.39, 0.29) is 18.7 Å². The molecule has 1 aromatic heterocycles. The van der Waals surface area contributed by atoms with Crippen molar-refractivity contribution in [1.82, 2.24) is 14.5 Å². The molecule has 18 heavy (non-hydrogen) atoms. The molecule has 1 fully saturated rings. The van der Waals surface area contributed by atoms with Crippen LogP contribution in [-0.4, -0.2) is 58.3 Å². The first kappa shape index (κ1) is 13.0. The number of aromatic nitrogens is 2. The molecule has 1 aliphatic rings. The maximum absolute atomic E-state index is 12.2. The summed E-state index contributed by atoms with van der Waals surface area (Å²) in [5.74, 6) is -1.35. The van der Waals surface area contributed by atoms with Crippen molar-refractivity contribution in [3.8, 4) is 0 Å². The molecule has 2 rings (SSSR count). The third-order valence-electron chi connectivity index (χ3n) is 2.86. The average molecular weight is 275 g/mol. The van der Waals surface area contributed by atoms with Crippen molar-refractivity contribution in [1.29, 1.82) is 0 Å². The van der Waals surface area contributed by atoms with Crippen molar-refractivity contribution < 1.29 is 23.4 Å². The molecule has 0 unspecified atom stereocenters. The number of aromatic carboxylic acids is 1. The van der Waals surface area contributed by atoms with Crippen LogP contribution in [0.15, 0.2) is 11.2 Å². The maximum atomic E-state index is 12.2. The lowest BCUT2D eigenvalue weighted by molar-refractivity contribution is 0.0691. The summed E-state index contributed by atoms with van der Waals surface area (Å²) in [7, 11) is -3.89. The molecular formula is C9H13N3O5S. The van der Waals surface area contributed by atoms with Gasteiger partial charge in [-0.2, -0.15) is 9.40 Å². The van der Waals surface area contributed by atoms with Gasteiger partial charge in [0.2, 0.25) is 0 Å². The van der Waals surface area contributed by atoms with Crippen LogP contribution in [0.25, 0.3) is 0 Å². The van der Waals surface area contributed by atoms with E-state index in [1.54, 1.807) is 0 Å². The van der Waals surface area contributed by atoms with E-state index < -0.39 is 27.1 Å². The zero-order chi connectivity index (χ0) is 13.3. The topological polar surface area (TPSA) is 124 Å². The number of carboxylic acids is 1. The predicted octanol–water partition coefficient (Wildman–Crippen LogP) is -0.747. The van der Waals surface area contributed by atoms with Gasteiger partial charge in [-0.05, 0) is 12.8 Å². The highest BCUT2D eigenvalue weighted by Crippen LogP contribution is 2.21. The number of aliphatic hydroxyl groups excluding tert-OH is 1. The number of sulfonamides is 1. The van der Waals surface area contributed by atoms with E-state index >= 15 is 0 Å². The summed E-state index contributed by atoms with van der Waals surface area (Å²) in [5, 5.41) is 23.5. The van der Waals surface area contributed by atoms with Gasteiger partial charge in [-0.25, -0.2) is 13.2 Å². The van der Waals surface area contributed by atoms with Crippen molar-refractivity contribution >= 4 is 16.0 Å². The molecule has 1 aliphatic heterocycles. The molecular weight excluding hydrogens is 262 g/mol. The largest absolute Gasteiger partial charge is 0.478 e. The van der Waals surface area contributed by atoms with Crippen LogP contribution in [0.2, 0.25) is 0 Å². The molecule has 0 aliphatic carbocycles. The fourth-order valence-corrected chi connectivity index (χ4v) is 3.37. The maximum Gasteiger partial charge on any atom is 0.340 e. The number of aliphatic hydroxyl groups is 1. The minimum absolute atomic E-state index is 0.168. The lowest BCUT2D eigenvalue weighted by atomic mass is 10.1. The predicted molar refractivity (Wildman–Crippen MR) is 59.5 cm³/mol. The van der Waals surface area contributed by atoms with Crippen LogP contribution in [0.3, 0.4) is 0 Å². The summed E-state index contributed by atoms with van der Waals surface area (Å²) >= 11 is 0. The summed E-state index contributed by atoms with van der Waals surface area (Å²) in [6.45, 7) is 0.336. The van der Waals surface area contributed by atoms with Gasteiger partial charge in [0.05, 0.1) is 12.3 Å². The van der Waals surface area contributed by atoms with Crippen molar-refractivity contribution in [2.45, 2.75) is 24.0 Å². The Labute approximate surface area is 103 Å². The Morgan fingerprint density at radius 2 is 2.06 bits per heavy atom. The van der Waals surface area contributed by atoms with E-state index in [1.807, 2.05) is 0 Å². The molecule has 0 aromatic carbocycles. The lowest BCUT2D eigenvalue weighted by Crippen LogP contribution is -2.40. The first-order valence-electron chi connectivity index (χ1n) is 5.38. The minimum Gasteiger partial charge on any atom is -0.478 e. The summed E-state index contributed by atoms with van der Waals surface area (Å²) in [6, 6.07) is 0. The van der Waals surface area contributed by atoms with Crippen LogP contribution in [0.5, 0.6) is 0 Å². The van der Waals surface area contributed by atoms with Crippen LogP contribution < -0.4 is 0 Å². The molecule has 0 amide bonds. The van der Waals surface area contributed by atoms with Crippen LogP contribution in [0.1, 0.15) is 23.2 Å². The summed E-state index contributed by atoms with van der Waals surface area (Å²) < 4.78 is 25.5. The van der Waals surface area contributed by atoms with Gasteiger partial charge in [-0.15, -0.1) is 0 Å². The van der Waals surface area contributed by atoms with Crippen molar-refractivity contribution in [3.05, 3.63) is 11.8 Å². The number of aromatic amines is 1. The quantitative estimate of drug-likeness (QED) is 0.667. The zero-order valence-corrected chi connectivity index (χ0v) is 10.2. The zero-order valence-electron chi connectivity index (χ0n) is 9.40. The van der Waals surface area contributed by atoms with E-state index in [0.29, 0.717) is 12.8 Å². The van der Waals surface area contributed by atoms with Gasteiger partial charge in [0.25, 0.3) is 10.0 Å². The molecule has 1 aromatic rings. The normalized spacial score (nSPS) is 18.9. The summed E-state index contributed by atoms with van der Waals surface area (Å²) in [6.07, 6.45) is 1.15. The van der Waals surface area contributed by atoms with Crippen molar-refractivity contribution in [2.75, 3.05) is 13.1 Å². The Bertz CT molecular complexity index is 544. The third-order valence-corrected chi connectivity index (χ3v) is 4.73. The van der Waals surface area contributed by atoms with Crippen LogP contribution in [-0.2, 0) is 10.0 Å². The fraction of sp³-hybridized carbons (Fsp3) is 0.556. The number of carbonyl (C=O) groups is 1. The second kappa shape index (κ2) is 4.67. The van der Waals surface area contributed by atoms with Crippen LogP contribution >= 0.6 is 0 Å². The SMILES string of the molecule is O=C(O)c1cn[nH]c1S(=O)(=O)N1CCC(O)CC1. The van der Waals surface area contributed by atoms with E-state index in [9.17, 15) is 18.3 Å². The van der Waals surface area contributed by atoms with E-state index in [1.165, 1.54) is 0 Å². The molecule has 0 saturated carbocycles. The number of H-pyrrole nitrogens is 1. The lowest BCUT2D eigenvalue weighted by Gasteiger charge is -2.28. The van der Waals surface area contributed by atoms with Gasteiger partial charge >= 0.3 is 5.97 Å². The van der Waals surface area contributed by atoms with Gasteiger partial charge in [0, 0.05) is 13.1 Å². The number of nitrogens with one attached hydrogen (secondary N) is 1. The average Bonchev–Trinajstić information content (AvgIpc) is 2.79. The molecule has 1 saturated heterocycles. The number of hydrogen-bond acceptors (Lipinski definition) is 5. The monoisotopic (exact) mass is 275 g/mol. The standard InChI is InChI=1S/C9H13N3O5S/c13-6-1-3-12(4-2-6)18(16,17)8-7(9(14)15)5-10-11-8/h5-6,13H,1-4H2,(H,10,11)(H,14,15). The molecule has 9 heteroatoms. The molecule has 0 bridgehead atoms. The van der Waals surface area contributed by atoms with E-state index in [4.69, 9.17) is 5.11 Å². The molecule has 0 atom stereocenters. The molecule has 8 nitrogen and oxygen atoms in total. The number of nitrogens with zero attached hydrogens (tertiary/aromatic N) is 2. The first-order chi connectivity index (χ1) is 8.43. The minimum atomic E-state index is -3.89.